The number of aromatic nitrogens is 4. The van der Waals surface area contributed by atoms with Crippen LogP contribution in [-0.2, 0) is 18.3 Å². The molecule has 0 aliphatic heterocycles. The van der Waals surface area contributed by atoms with Crippen LogP contribution < -0.4 is 10.1 Å². The normalized spacial score (nSPS) is 14.8. The van der Waals surface area contributed by atoms with Crippen molar-refractivity contribution in [3.8, 4) is 17.1 Å². The Bertz CT molecular complexity index is 828. The van der Waals surface area contributed by atoms with Gasteiger partial charge in [0.1, 0.15) is 11.8 Å². The number of carbonyl (C=O) groups is 1. The molecule has 2 aromatic heterocycles. The molecule has 2 heterocycles. The predicted octanol–water partition coefficient (Wildman–Crippen LogP) is 3.78. The predicted molar refractivity (Wildman–Crippen MR) is 109 cm³/mol. The summed E-state index contributed by atoms with van der Waals surface area (Å²) in [6.07, 6.45) is 9.10. The number of hydrogen-bond donors (Lipinski definition) is 1. The number of carbonyl (C=O) groups excluding carboxylic acids is 1. The Morgan fingerprint density at radius 1 is 1.28 bits per heavy atom. The topological polar surface area (TPSA) is 91.2 Å². The minimum absolute atomic E-state index is 0.234. The minimum Gasteiger partial charge on any atom is -0.473 e. The van der Waals surface area contributed by atoms with E-state index >= 15 is 0 Å². The Labute approximate surface area is 172 Å². The zero-order chi connectivity index (χ0) is 20.8. The maximum Gasteiger partial charge on any atom is 0.407 e. The van der Waals surface area contributed by atoms with Crippen molar-refractivity contribution in [1.82, 2.24) is 25.1 Å². The highest BCUT2D eigenvalue weighted by atomic mass is 16.5. The average Bonchev–Trinajstić information content (AvgIpc) is 3.07. The minimum atomic E-state index is -0.440. The lowest BCUT2D eigenvalue weighted by Crippen LogP contribution is -2.26. The maximum absolute atomic E-state index is 11.9. The van der Waals surface area contributed by atoms with Crippen molar-refractivity contribution in [2.75, 3.05) is 6.61 Å². The first-order valence-electron chi connectivity index (χ1n) is 10.4. The number of aryl methyl sites for hydroxylation is 2. The third-order valence-electron chi connectivity index (χ3n) is 5.02. The molecule has 3 rings (SSSR count). The van der Waals surface area contributed by atoms with Crippen LogP contribution in [0.1, 0.15) is 57.3 Å². The first-order chi connectivity index (χ1) is 13.9. The van der Waals surface area contributed by atoms with Crippen LogP contribution in [0, 0.1) is 12.8 Å². The molecule has 2 aromatic rings. The van der Waals surface area contributed by atoms with Gasteiger partial charge in [-0.05, 0) is 38.5 Å². The summed E-state index contributed by atoms with van der Waals surface area (Å²) in [6.45, 7) is 6.58. The van der Waals surface area contributed by atoms with Crippen molar-refractivity contribution in [3.05, 3.63) is 23.8 Å². The highest BCUT2D eigenvalue weighted by molar-refractivity contribution is 5.68. The zero-order valence-electron chi connectivity index (χ0n) is 17.8. The molecule has 0 unspecified atom stereocenters. The van der Waals surface area contributed by atoms with Gasteiger partial charge in [-0.15, -0.1) is 0 Å². The van der Waals surface area contributed by atoms with Gasteiger partial charge in [0.2, 0.25) is 5.88 Å². The molecule has 0 saturated heterocycles. The molecule has 1 saturated carbocycles. The standard InChI is InChI=1S/C21H31N5O3/c1-14(2)13-28-21(27)23-12-19-17(10-24-26(19)4)18-11-22-20(15(3)25-18)29-16-8-6-5-7-9-16/h10-11,14,16H,5-9,12-13H2,1-4H3,(H,23,27). The van der Waals surface area contributed by atoms with E-state index in [4.69, 9.17) is 9.47 Å². The molecule has 0 atom stereocenters. The summed E-state index contributed by atoms with van der Waals surface area (Å²) < 4.78 is 13.0. The highest BCUT2D eigenvalue weighted by Crippen LogP contribution is 2.26. The van der Waals surface area contributed by atoms with E-state index in [1.165, 1.54) is 19.3 Å². The van der Waals surface area contributed by atoms with Crippen molar-refractivity contribution in [1.29, 1.82) is 0 Å². The van der Waals surface area contributed by atoms with Crippen LogP contribution in [0.2, 0.25) is 0 Å². The average molecular weight is 402 g/mol. The van der Waals surface area contributed by atoms with Crippen LogP contribution in [0.25, 0.3) is 11.3 Å². The van der Waals surface area contributed by atoms with E-state index in [1.54, 1.807) is 17.1 Å². The van der Waals surface area contributed by atoms with Crippen LogP contribution in [0.4, 0.5) is 4.79 Å². The quantitative estimate of drug-likeness (QED) is 0.759. The second-order valence-corrected chi connectivity index (χ2v) is 8.00. The smallest absolute Gasteiger partial charge is 0.407 e. The SMILES string of the molecule is Cc1nc(-c2cnn(C)c2CNC(=O)OCC(C)C)cnc1OC1CCCCC1. The van der Waals surface area contributed by atoms with Gasteiger partial charge in [-0.3, -0.25) is 4.68 Å². The van der Waals surface area contributed by atoms with Crippen LogP contribution in [0.15, 0.2) is 12.4 Å². The van der Waals surface area contributed by atoms with Crippen molar-refractivity contribution in [3.63, 3.8) is 0 Å². The van der Waals surface area contributed by atoms with Crippen LogP contribution >= 0.6 is 0 Å². The second-order valence-electron chi connectivity index (χ2n) is 8.00. The van der Waals surface area contributed by atoms with Gasteiger partial charge in [-0.1, -0.05) is 20.3 Å². The number of ether oxygens (including phenoxy) is 2. The van der Waals surface area contributed by atoms with Crippen LogP contribution in [-0.4, -0.2) is 38.6 Å². The molecular weight excluding hydrogens is 370 g/mol. The van der Waals surface area contributed by atoms with Gasteiger partial charge in [-0.25, -0.2) is 14.8 Å². The summed E-state index contributed by atoms with van der Waals surface area (Å²) in [4.78, 5) is 21.1. The van der Waals surface area contributed by atoms with Gasteiger partial charge in [-0.2, -0.15) is 5.10 Å². The molecule has 0 bridgehead atoms. The summed E-state index contributed by atoms with van der Waals surface area (Å²) in [6, 6.07) is 0. The van der Waals surface area contributed by atoms with Crippen LogP contribution in [0.3, 0.4) is 0 Å². The zero-order valence-corrected chi connectivity index (χ0v) is 17.8. The number of hydrogen-bond acceptors (Lipinski definition) is 6. The third-order valence-corrected chi connectivity index (χ3v) is 5.02. The van der Waals surface area contributed by atoms with E-state index in [0.29, 0.717) is 30.6 Å². The highest BCUT2D eigenvalue weighted by Gasteiger charge is 2.19. The van der Waals surface area contributed by atoms with Crippen molar-refractivity contribution >= 4 is 6.09 Å². The number of nitrogens with zero attached hydrogens (tertiary/aromatic N) is 4. The number of nitrogens with one attached hydrogen (secondary N) is 1. The summed E-state index contributed by atoms with van der Waals surface area (Å²) in [5, 5.41) is 7.09. The number of rotatable bonds is 7. The van der Waals surface area contributed by atoms with Gasteiger partial charge >= 0.3 is 6.09 Å². The summed E-state index contributed by atoms with van der Waals surface area (Å²) >= 11 is 0. The molecule has 1 N–H and O–H groups in total. The largest absolute Gasteiger partial charge is 0.473 e. The van der Waals surface area contributed by atoms with Gasteiger partial charge in [0.25, 0.3) is 0 Å². The van der Waals surface area contributed by atoms with Crippen molar-refractivity contribution < 1.29 is 14.3 Å². The first kappa shape index (κ1) is 21.1. The molecule has 158 valence electrons. The van der Waals surface area contributed by atoms with E-state index < -0.39 is 6.09 Å². The number of amides is 1. The Hall–Kier alpha value is -2.64. The fourth-order valence-corrected chi connectivity index (χ4v) is 3.39. The fourth-order valence-electron chi connectivity index (χ4n) is 3.39. The van der Waals surface area contributed by atoms with Crippen molar-refractivity contribution in [2.24, 2.45) is 13.0 Å². The molecular formula is C21H31N5O3. The van der Waals surface area contributed by atoms with Gasteiger partial charge < -0.3 is 14.8 Å². The molecule has 1 amide bonds. The lowest BCUT2D eigenvalue weighted by Gasteiger charge is -2.22. The Morgan fingerprint density at radius 3 is 2.72 bits per heavy atom. The Balaban J connectivity index is 1.68. The summed E-state index contributed by atoms with van der Waals surface area (Å²) in [5.41, 5.74) is 3.13. The molecule has 1 fully saturated rings. The molecule has 29 heavy (non-hydrogen) atoms. The Kier molecular flexibility index (Phi) is 7.06. The van der Waals surface area contributed by atoms with E-state index in [-0.39, 0.29) is 6.10 Å². The Morgan fingerprint density at radius 2 is 2.03 bits per heavy atom. The van der Waals surface area contributed by atoms with Crippen molar-refractivity contribution in [2.45, 2.75) is 65.5 Å². The first-order valence-corrected chi connectivity index (χ1v) is 10.4. The third kappa shape index (κ3) is 5.68. The van der Waals surface area contributed by atoms with E-state index in [1.807, 2.05) is 27.8 Å². The van der Waals surface area contributed by atoms with Crippen LogP contribution in [0.5, 0.6) is 5.88 Å². The molecule has 0 spiro atoms. The molecule has 1 aliphatic rings. The lowest BCUT2D eigenvalue weighted by molar-refractivity contribution is 0.132. The fraction of sp³-hybridized carbons (Fsp3) is 0.619. The molecule has 8 nitrogen and oxygen atoms in total. The molecule has 8 heteroatoms. The monoisotopic (exact) mass is 401 g/mol. The van der Waals surface area contributed by atoms with Gasteiger partial charge in [0.15, 0.2) is 0 Å². The molecule has 1 aliphatic carbocycles. The summed E-state index contributed by atoms with van der Waals surface area (Å²) in [7, 11) is 1.83. The summed E-state index contributed by atoms with van der Waals surface area (Å²) in [5.74, 6) is 0.891. The lowest BCUT2D eigenvalue weighted by atomic mass is 9.98. The van der Waals surface area contributed by atoms with E-state index in [0.717, 1.165) is 29.8 Å². The van der Waals surface area contributed by atoms with E-state index in [9.17, 15) is 4.79 Å². The van der Waals surface area contributed by atoms with E-state index in [2.05, 4.69) is 20.4 Å². The number of alkyl carbamates (subject to hydrolysis) is 1. The van der Waals surface area contributed by atoms with Gasteiger partial charge in [0, 0.05) is 12.6 Å². The second kappa shape index (κ2) is 9.71. The molecule has 0 aromatic carbocycles. The maximum atomic E-state index is 11.9. The molecule has 0 radical (unpaired) electrons. The van der Waals surface area contributed by atoms with Gasteiger partial charge in [0.05, 0.1) is 36.9 Å².